The Balaban J connectivity index is 2.15. The van der Waals surface area contributed by atoms with Gasteiger partial charge >= 0.3 is 0 Å². The van der Waals surface area contributed by atoms with Crippen molar-refractivity contribution in [2.75, 3.05) is 10.7 Å². The number of nitrogen functional groups attached to an aromatic ring is 1. The molecule has 1 unspecified atom stereocenters. The van der Waals surface area contributed by atoms with Gasteiger partial charge in [-0.15, -0.1) is 0 Å². The average molecular weight is 226 g/mol. The standard InChI is InChI=1S/C10H12F2N4/c1-6-2-3-7(4-8(6)13)16-5-14-10(15-16)9(11)12/h2-5,9-10,15H,13H2,1H3. The molecule has 1 aromatic carbocycles. The second kappa shape index (κ2) is 4.05. The molecular weight excluding hydrogens is 214 g/mol. The molecule has 1 aromatic rings. The van der Waals surface area contributed by atoms with Gasteiger partial charge in [0.25, 0.3) is 6.43 Å². The molecule has 6 heteroatoms. The lowest BCUT2D eigenvalue weighted by molar-refractivity contribution is 0.107. The summed E-state index contributed by atoms with van der Waals surface area (Å²) in [7, 11) is 0. The van der Waals surface area contributed by atoms with Gasteiger partial charge in [0.05, 0.1) is 5.69 Å². The Bertz CT molecular complexity index is 419. The van der Waals surface area contributed by atoms with Gasteiger partial charge in [0, 0.05) is 5.69 Å². The summed E-state index contributed by atoms with van der Waals surface area (Å²) in [6.07, 6.45) is -2.37. The zero-order valence-electron chi connectivity index (χ0n) is 8.69. The Hall–Kier alpha value is -1.69. The molecule has 1 heterocycles. The van der Waals surface area contributed by atoms with Crippen LogP contribution in [0.5, 0.6) is 0 Å². The van der Waals surface area contributed by atoms with Crippen LogP contribution in [-0.4, -0.2) is 18.9 Å². The van der Waals surface area contributed by atoms with E-state index < -0.39 is 12.6 Å². The molecule has 0 radical (unpaired) electrons. The van der Waals surface area contributed by atoms with Crippen LogP contribution >= 0.6 is 0 Å². The van der Waals surface area contributed by atoms with Gasteiger partial charge in [-0.3, -0.25) is 5.01 Å². The number of nitrogens with zero attached hydrogens (tertiary/aromatic N) is 2. The van der Waals surface area contributed by atoms with Gasteiger partial charge in [0.2, 0.25) is 0 Å². The Labute approximate surface area is 91.7 Å². The number of hydrogen-bond acceptors (Lipinski definition) is 4. The van der Waals surface area contributed by atoms with Crippen molar-refractivity contribution < 1.29 is 8.78 Å². The van der Waals surface area contributed by atoms with E-state index in [-0.39, 0.29) is 0 Å². The summed E-state index contributed by atoms with van der Waals surface area (Å²) in [4.78, 5) is 3.64. The molecule has 16 heavy (non-hydrogen) atoms. The molecule has 0 saturated carbocycles. The van der Waals surface area contributed by atoms with Crippen LogP contribution in [0.4, 0.5) is 20.2 Å². The highest BCUT2D eigenvalue weighted by Gasteiger charge is 2.25. The fourth-order valence-corrected chi connectivity index (χ4v) is 1.39. The number of nitrogens with two attached hydrogens (primary N) is 1. The van der Waals surface area contributed by atoms with Gasteiger partial charge in [-0.25, -0.2) is 13.8 Å². The first-order chi connectivity index (χ1) is 7.58. The molecule has 0 spiro atoms. The van der Waals surface area contributed by atoms with E-state index in [2.05, 4.69) is 10.4 Å². The first kappa shape index (κ1) is 10.8. The number of hydrogen-bond donors (Lipinski definition) is 2. The van der Waals surface area contributed by atoms with E-state index in [0.717, 1.165) is 5.56 Å². The summed E-state index contributed by atoms with van der Waals surface area (Å²) in [5.41, 5.74) is 10.6. The van der Waals surface area contributed by atoms with E-state index in [1.165, 1.54) is 11.3 Å². The minimum atomic E-state index is -2.52. The molecule has 0 saturated heterocycles. The number of anilines is 2. The lowest BCUT2D eigenvalue weighted by Crippen LogP contribution is -2.40. The smallest absolute Gasteiger partial charge is 0.275 e. The Morgan fingerprint density at radius 3 is 2.81 bits per heavy atom. The third kappa shape index (κ3) is 1.96. The number of halogens is 2. The van der Waals surface area contributed by atoms with Crippen LogP contribution in [0.2, 0.25) is 0 Å². The minimum absolute atomic E-state index is 0.619. The van der Waals surface area contributed by atoms with Crippen LogP contribution in [0.1, 0.15) is 5.56 Å². The Kier molecular flexibility index (Phi) is 2.74. The number of alkyl halides is 2. The third-order valence-corrected chi connectivity index (χ3v) is 2.39. The monoisotopic (exact) mass is 226 g/mol. The predicted molar refractivity (Wildman–Crippen MR) is 59.5 cm³/mol. The molecule has 1 aliphatic heterocycles. The van der Waals surface area contributed by atoms with Gasteiger partial charge in [0.15, 0.2) is 6.17 Å². The minimum Gasteiger partial charge on any atom is -0.398 e. The highest BCUT2D eigenvalue weighted by Crippen LogP contribution is 2.21. The van der Waals surface area contributed by atoms with E-state index >= 15 is 0 Å². The zero-order valence-corrected chi connectivity index (χ0v) is 8.69. The number of rotatable bonds is 2. The Morgan fingerprint density at radius 1 is 1.50 bits per heavy atom. The quantitative estimate of drug-likeness (QED) is 0.752. The summed E-state index contributed by atoms with van der Waals surface area (Å²) in [6, 6.07) is 5.33. The van der Waals surface area contributed by atoms with Crippen molar-refractivity contribution in [3.63, 3.8) is 0 Å². The second-order valence-corrected chi connectivity index (χ2v) is 3.58. The van der Waals surface area contributed by atoms with Crippen molar-refractivity contribution in [3.05, 3.63) is 23.8 Å². The number of aliphatic imine (C=N–C) groups is 1. The molecule has 0 fully saturated rings. The maximum absolute atomic E-state index is 12.3. The molecule has 1 aliphatic rings. The zero-order chi connectivity index (χ0) is 11.7. The molecular formula is C10H12F2N4. The molecule has 2 rings (SSSR count). The number of hydrazine groups is 1. The largest absolute Gasteiger partial charge is 0.398 e. The molecule has 4 nitrogen and oxygen atoms in total. The lowest BCUT2D eigenvalue weighted by Gasteiger charge is -2.18. The van der Waals surface area contributed by atoms with Crippen molar-refractivity contribution in [2.45, 2.75) is 19.5 Å². The molecule has 3 N–H and O–H groups in total. The maximum atomic E-state index is 12.3. The summed E-state index contributed by atoms with van der Waals surface area (Å²) >= 11 is 0. The van der Waals surface area contributed by atoms with Crippen molar-refractivity contribution in [3.8, 4) is 0 Å². The first-order valence-electron chi connectivity index (χ1n) is 4.81. The van der Waals surface area contributed by atoms with Crippen molar-refractivity contribution in [1.29, 1.82) is 0 Å². The first-order valence-corrected chi connectivity index (χ1v) is 4.81. The topological polar surface area (TPSA) is 53.6 Å². The van der Waals surface area contributed by atoms with Crippen LogP contribution < -0.4 is 16.2 Å². The van der Waals surface area contributed by atoms with E-state index in [1.54, 1.807) is 12.1 Å². The van der Waals surface area contributed by atoms with Gasteiger partial charge in [-0.1, -0.05) is 6.07 Å². The summed E-state index contributed by atoms with van der Waals surface area (Å²) < 4.78 is 24.7. The summed E-state index contributed by atoms with van der Waals surface area (Å²) in [6.45, 7) is 1.88. The molecule has 1 atom stereocenters. The van der Waals surface area contributed by atoms with Crippen molar-refractivity contribution in [2.24, 2.45) is 4.99 Å². The SMILES string of the molecule is Cc1ccc(N2C=NC(C(F)F)N2)cc1N. The van der Waals surface area contributed by atoms with Gasteiger partial charge < -0.3 is 5.73 Å². The van der Waals surface area contributed by atoms with Crippen LogP contribution in [0, 0.1) is 6.92 Å². The number of benzene rings is 1. The second-order valence-electron chi connectivity index (χ2n) is 3.58. The highest BCUT2D eigenvalue weighted by molar-refractivity contribution is 5.81. The maximum Gasteiger partial charge on any atom is 0.275 e. The summed E-state index contributed by atoms with van der Waals surface area (Å²) in [5, 5.41) is 1.44. The van der Waals surface area contributed by atoms with Crippen molar-refractivity contribution in [1.82, 2.24) is 5.43 Å². The highest BCUT2D eigenvalue weighted by atomic mass is 19.3. The predicted octanol–water partition coefficient (Wildman–Crippen LogP) is 1.52. The lowest BCUT2D eigenvalue weighted by atomic mass is 10.2. The normalized spacial score (nSPS) is 19.8. The van der Waals surface area contributed by atoms with E-state index in [9.17, 15) is 8.78 Å². The molecule has 86 valence electrons. The molecule has 0 aliphatic carbocycles. The number of nitrogens with one attached hydrogen (secondary N) is 1. The van der Waals surface area contributed by atoms with Crippen LogP contribution in [0.25, 0.3) is 0 Å². The number of aryl methyl sites for hydroxylation is 1. The fraction of sp³-hybridized carbons (Fsp3) is 0.300. The molecule has 0 bridgehead atoms. The molecule has 0 amide bonds. The van der Waals surface area contributed by atoms with Gasteiger partial charge in [-0.05, 0) is 24.6 Å². The molecule has 0 aromatic heterocycles. The van der Waals surface area contributed by atoms with Crippen molar-refractivity contribution >= 4 is 17.7 Å². The van der Waals surface area contributed by atoms with Gasteiger partial charge in [-0.2, -0.15) is 5.43 Å². The fourth-order valence-electron chi connectivity index (χ4n) is 1.39. The van der Waals surface area contributed by atoms with E-state index in [1.807, 2.05) is 13.0 Å². The van der Waals surface area contributed by atoms with Crippen LogP contribution in [0.15, 0.2) is 23.2 Å². The summed E-state index contributed by atoms with van der Waals surface area (Å²) in [5.74, 6) is 0. The average Bonchev–Trinajstić information content (AvgIpc) is 2.71. The van der Waals surface area contributed by atoms with E-state index in [0.29, 0.717) is 11.4 Å². The van der Waals surface area contributed by atoms with E-state index in [4.69, 9.17) is 5.73 Å². The Morgan fingerprint density at radius 2 is 2.25 bits per heavy atom. The third-order valence-electron chi connectivity index (χ3n) is 2.39. The van der Waals surface area contributed by atoms with Crippen LogP contribution in [-0.2, 0) is 0 Å². The van der Waals surface area contributed by atoms with Gasteiger partial charge in [0.1, 0.15) is 6.34 Å². The van der Waals surface area contributed by atoms with Crippen LogP contribution in [0.3, 0.4) is 0 Å².